The van der Waals surface area contributed by atoms with Crippen molar-refractivity contribution in [3.05, 3.63) is 41.8 Å². The lowest BCUT2D eigenvalue weighted by Crippen LogP contribution is -2.18. The maximum Gasteiger partial charge on any atom is 0.265 e. The topological polar surface area (TPSA) is 68.2 Å². The number of nitrogens with zero attached hydrogens (tertiary/aromatic N) is 3. The van der Waals surface area contributed by atoms with Crippen LogP contribution in [0.15, 0.2) is 34.9 Å². The zero-order valence-electron chi connectivity index (χ0n) is 10.7. The fourth-order valence-corrected chi connectivity index (χ4v) is 1.73. The first-order chi connectivity index (χ1) is 8.76. The number of hydrogen-bond acceptors (Lipinski definition) is 5. The van der Waals surface area contributed by atoms with Crippen LogP contribution in [0.5, 0.6) is 0 Å². The van der Waals surface area contributed by atoms with Crippen LogP contribution in [-0.2, 0) is 0 Å². The molecule has 0 aliphatic heterocycles. The largest absolute Gasteiger partial charge is 0.342 e. The third-order valence-corrected chi connectivity index (χ3v) is 2.98. The minimum Gasteiger partial charge on any atom is -0.342 e. The van der Waals surface area contributed by atoms with E-state index in [1.807, 2.05) is 49.2 Å². The predicted octanol–water partition coefficient (Wildman–Crippen LogP) is 1.62. The van der Waals surface area contributed by atoms with Crippen molar-refractivity contribution < 1.29 is 4.52 Å². The monoisotopic (exact) mass is 246 g/mol. The number of nitrogens with two attached hydrogens (primary N) is 1. The van der Waals surface area contributed by atoms with Crippen molar-refractivity contribution >= 4 is 5.95 Å². The average molecular weight is 246 g/mol. The Bertz CT molecular complexity index is 483. The molecule has 1 aromatic heterocycles. The molecule has 0 bridgehead atoms. The summed E-state index contributed by atoms with van der Waals surface area (Å²) < 4.78 is 5.31. The van der Waals surface area contributed by atoms with Gasteiger partial charge in [0, 0.05) is 20.1 Å². The minimum absolute atomic E-state index is 0.0438. The summed E-state index contributed by atoms with van der Waals surface area (Å²) in [7, 11) is 1.93. The molecule has 2 rings (SSSR count). The number of aromatic nitrogens is 2. The molecule has 1 aromatic carbocycles. The molecule has 0 fully saturated rings. The first kappa shape index (κ1) is 12.6. The molecule has 0 radical (unpaired) electrons. The molecule has 5 nitrogen and oxygen atoms in total. The normalized spacial score (nSPS) is 12.4. The van der Waals surface area contributed by atoms with E-state index in [2.05, 4.69) is 10.1 Å². The lowest BCUT2D eigenvalue weighted by Gasteiger charge is -2.11. The van der Waals surface area contributed by atoms with Crippen molar-refractivity contribution in [1.29, 1.82) is 0 Å². The summed E-state index contributed by atoms with van der Waals surface area (Å²) in [5.41, 5.74) is 6.91. The van der Waals surface area contributed by atoms with E-state index in [4.69, 9.17) is 10.3 Å². The molecule has 18 heavy (non-hydrogen) atoms. The van der Waals surface area contributed by atoms with Gasteiger partial charge in [-0.2, -0.15) is 4.98 Å². The van der Waals surface area contributed by atoms with Crippen molar-refractivity contribution in [1.82, 2.24) is 10.1 Å². The number of rotatable bonds is 5. The summed E-state index contributed by atoms with van der Waals surface area (Å²) >= 11 is 0. The van der Waals surface area contributed by atoms with Gasteiger partial charge in [0.2, 0.25) is 5.89 Å². The molecule has 2 aromatic rings. The van der Waals surface area contributed by atoms with E-state index in [1.54, 1.807) is 0 Å². The van der Waals surface area contributed by atoms with Crippen molar-refractivity contribution in [2.45, 2.75) is 12.8 Å². The zero-order chi connectivity index (χ0) is 13.0. The molecule has 2 N–H and O–H groups in total. The number of benzene rings is 1. The Balaban J connectivity index is 2.26. The SMILES string of the molecule is CCN(C)c1noc(C(CN)c2ccccc2)n1. The van der Waals surface area contributed by atoms with Gasteiger partial charge in [-0.15, -0.1) is 0 Å². The van der Waals surface area contributed by atoms with Crippen LogP contribution in [0.25, 0.3) is 0 Å². The standard InChI is InChI=1S/C13H18N4O/c1-3-17(2)13-15-12(18-16-13)11(9-14)10-7-5-4-6-8-10/h4-8,11H,3,9,14H2,1-2H3. The van der Waals surface area contributed by atoms with Crippen molar-refractivity contribution in [2.75, 3.05) is 25.0 Å². The fourth-order valence-electron chi connectivity index (χ4n) is 1.73. The van der Waals surface area contributed by atoms with Gasteiger partial charge in [-0.05, 0) is 17.6 Å². The summed E-state index contributed by atoms with van der Waals surface area (Å²) in [6.45, 7) is 3.31. The van der Waals surface area contributed by atoms with Gasteiger partial charge in [0.1, 0.15) is 0 Å². The third kappa shape index (κ3) is 2.51. The number of hydrogen-bond donors (Lipinski definition) is 1. The molecule has 1 unspecified atom stereocenters. The molecule has 96 valence electrons. The summed E-state index contributed by atoms with van der Waals surface area (Å²) in [6.07, 6.45) is 0. The third-order valence-electron chi connectivity index (χ3n) is 2.98. The molecule has 1 atom stereocenters. The molecule has 0 amide bonds. The molecule has 0 saturated heterocycles. The fraction of sp³-hybridized carbons (Fsp3) is 0.385. The summed E-state index contributed by atoms with van der Waals surface area (Å²) in [6, 6.07) is 9.97. The van der Waals surface area contributed by atoms with Crippen LogP contribution in [0.2, 0.25) is 0 Å². The Hall–Kier alpha value is -1.88. The molecular weight excluding hydrogens is 228 g/mol. The van der Waals surface area contributed by atoms with Gasteiger partial charge < -0.3 is 15.2 Å². The summed E-state index contributed by atoms with van der Waals surface area (Å²) in [5.74, 6) is 1.12. The summed E-state index contributed by atoms with van der Waals surface area (Å²) in [4.78, 5) is 6.32. The van der Waals surface area contributed by atoms with Gasteiger partial charge in [0.15, 0.2) is 0 Å². The first-order valence-electron chi connectivity index (χ1n) is 6.06. The Morgan fingerprint density at radius 2 is 2.06 bits per heavy atom. The lowest BCUT2D eigenvalue weighted by molar-refractivity contribution is 0.366. The second-order valence-electron chi connectivity index (χ2n) is 4.15. The van der Waals surface area contributed by atoms with Gasteiger partial charge in [-0.1, -0.05) is 30.3 Å². The van der Waals surface area contributed by atoms with Crippen LogP contribution in [-0.4, -0.2) is 30.3 Å². The molecule has 0 spiro atoms. The van der Waals surface area contributed by atoms with E-state index in [1.165, 1.54) is 0 Å². The van der Waals surface area contributed by atoms with E-state index in [-0.39, 0.29) is 5.92 Å². The first-order valence-corrected chi connectivity index (χ1v) is 6.06. The molecular formula is C13H18N4O. The van der Waals surface area contributed by atoms with E-state index >= 15 is 0 Å². The van der Waals surface area contributed by atoms with E-state index in [0.717, 1.165) is 12.1 Å². The Kier molecular flexibility index (Phi) is 3.94. The highest BCUT2D eigenvalue weighted by Crippen LogP contribution is 2.23. The highest BCUT2D eigenvalue weighted by Gasteiger charge is 2.20. The van der Waals surface area contributed by atoms with Gasteiger partial charge in [0.25, 0.3) is 5.95 Å². The smallest absolute Gasteiger partial charge is 0.265 e. The molecule has 0 aliphatic carbocycles. The summed E-state index contributed by atoms with van der Waals surface area (Å²) in [5, 5.41) is 3.97. The van der Waals surface area contributed by atoms with Gasteiger partial charge in [-0.25, -0.2) is 0 Å². The van der Waals surface area contributed by atoms with E-state index < -0.39 is 0 Å². The Morgan fingerprint density at radius 3 is 2.67 bits per heavy atom. The maximum absolute atomic E-state index is 5.81. The quantitative estimate of drug-likeness (QED) is 0.868. The maximum atomic E-state index is 5.81. The zero-order valence-corrected chi connectivity index (χ0v) is 10.7. The Labute approximate surface area is 107 Å². The highest BCUT2D eigenvalue weighted by atomic mass is 16.5. The van der Waals surface area contributed by atoms with Crippen LogP contribution in [0.4, 0.5) is 5.95 Å². The van der Waals surface area contributed by atoms with E-state index in [9.17, 15) is 0 Å². The predicted molar refractivity (Wildman–Crippen MR) is 70.6 cm³/mol. The van der Waals surface area contributed by atoms with Gasteiger partial charge in [-0.3, -0.25) is 0 Å². The van der Waals surface area contributed by atoms with Crippen LogP contribution in [0.1, 0.15) is 24.3 Å². The lowest BCUT2D eigenvalue weighted by atomic mass is 9.99. The molecule has 5 heteroatoms. The van der Waals surface area contributed by atoms with Crippen molar-refractivity contribution in [2.24, 2.45) is 5.73 Å². The van der Waals surface area contributed by atoms with Crippen LogP contribution in [0, 0.1) is 0 Å². The average Bonchev–Trinajstić information content (AvgIpc) is 2.89. The molecule has 1 heterocycles. The van der Waals surface area contributed by atoms with E-state index in [0.29, 0.717) is 18.4 Å². The second-order valence-corrected chi connectivity index (χ2v) is 4.15. The Morgan fingerprint density at radius 1 is 1.33 bits per heavy atom. The second kappa shape index (κ2) is 5.64. The van der Waals surface area contributed by atoms with Crippen LogP contribution >= 0.6 is 0 Å². The van der Waals surface area contributed by atoms with Crippen molar-refractivity contribution in [3.8, 4) is 0 Å². The molecule has 0 saturated carbocycles. The van der Waals surface area contributed by atoms with Crippen LogP contribution < -0.4 is 10.6 Å². The van der Waals surface area contributed by atoms with Gasteiger partial charge >= 0.3 is 0 Å². The highest BCUT2D eigenvalue weighted by molar-refractivity contribution is 5.30. The van der Waals surface area contributed by atoms with Crippen molar-refractivity contribution in [3.63, 3.8) is 0 Å². The number of anilines is 1. The van der Waals surface area contributed by atoms with Gasteiger partial charge in [0.05, 0.1) is 5.92 Å². The molecule has 0 aliphatic rings. The van der Waals surface area contributed by atoms with Crippen LogP contribution in [0.3, 0.4) is 0 Å². The minimum atomic E-state index is -0.0438.